The Morgan fingerprint density at radius 2 is 1.53 bits per heavy atom. The molecule has 0 aliphatic heterocycles. The van der Waals surface area contributed by atoms with Gasteiger partial charge in [0.1, 0.15) is 18.1 Å². The number of hydrogen-bond donors (Lipinski definition) is 7. The lowest BCUT2D eigenvalue weighted by molar-refractivity contribution is -0.142. The fraction of sp³-hybridized carbons (Fsp3) is 0.440. The van der Waals surface area contributed by atoms with Crippen LogP contribution in [0, 0.1) is 5.92 Å². The Balaban J connectivity index is 2.11. The third-order valence-electron chi connectivity index (χ3n) is 5.61. The molecule has 0 aliphatic rings. The molecular formula is C25H35N7O6. The molecule has 4 atom stereocenters. The minimum Gasteiger partial charge on any atom is -0.480 e. The first-order chi connectivity index (χ1) is 18.0. The van der Waals surface area contributed by atoms with Gasteiger partial charge in [-0.15, -0.1) is 0 Å². The number of imidazole rings is 1. The van der Waals surface area contributed by atoms with E-state index in [0.717, 1.165) is 5.56 Å². The number of aromatic nitrogens is 2. The maximum Gasteiger partial charge on any atom is 0.326 e. The molecule has 2 aromatic rings. The molecule has 4 amide bonds. The fourth-order valence-electron chi connectivity index (χ4n) is 3.71. The first-order valence-corrected chi connectivity index (χ1v) is 12.1. The number of aromatic amines is 1. The van der Waals surface area contributed by atoms with Gasteiger partial charge in [0.25, 0.3) is 0 Å². The number of H-pyrrole nitrogens is 1. The van der Waals surface area contributed by atoms with E-state index in [1.54, 1.807) is 24.3 Å². The van der Waals surface area contributed by atoms with Crippen LogP contribution in [0.1, 0.15) is 37.9 Å². The van der Waals surface area contributed by atoms with Gasteiger partial charge < -0.3 is 37.5 Å². The second kappa shape index (κ2) is 14.5. The van der Waals surface area contributed by atoms with Gasteiger partial charge in [-0.2, -0.15) is 0 Å². The minimum absolute atomic E-state index is 0.0525. The van der Waals surface area contributed by atoms with Crippen molar-refractivity contribution in [3.05, 3.63) is 54.1 Å². The van der Waals surface area contributed by atoms with Crippen LogP contribution in [-0.4, -0.2) is 68.8 Å². The first kappa shape index (κ1) is 30.0. The smallest absolute Gasteiger partial charge is 0.326 e. The summed E-state index contributed by atoms with van der Waals surface area (Å²) in [4.78, 5) is 68.8. The Bertz CT molecular complexity index is 1090. The molecule has 4 unspecified atom stereocenters. The lowest BCUT2D eigenvalue weighted by Gasteiger charge is -2.25. The lowest BCUT2D eigenvalue weighted by Crippen LogP contribution is -2.58. The van der Waals surface area contributed by atoms with E-state index in [2.05, 4.69) is 25.9 Å². The van der Waals surface area contributed by atoms with E-state index in [0.29, 0.717) is 5.69 Å². The number of carboxylic acids is 1. The summed E-state index contributed by atoms with van der Waals surface area (Å²) in [7, 11) is 0. The second-order valence-electron chi connectivity index (χ2n) is 9.40. The van der Waals surface area contributed by atoms with Crippen LogP contribution in [0.2, 0.25) is 0 Å². The monoisotopic (exact) mass is 529 g/mol. The van der Waals surface area contributed by atoms with Gasteiger partial charge in [0, 0.05) is 18.3 Å². The van der Waals surface area contributed by atoms with E-state index in [1.807, 2.05) is 19.9 Å². The van der Waals surface area contributed by atoms with Crippen LogP contribution >= 0.6 is 0 Å². The largest absolute Gasteiger partial charge is 0.480 e. The van der Waals surface area contributed by atoms with Crippen molar-refractivity contribution in [3.63, 3.8) is 0 Å². The topological polar surface area (TPSA) is 222 Å². The van der Waals surface area contributed by atoms with Crippen molar-refractivity contribution >= 4 is 29.6 Å². The summed E-state index contributed by atoms with van der Waals surface area (Å²) < 4.78 is 0. The van der Waals surface area contributed by atoms with E-state index in [9.17, 15) is 29.1 Å². The molecule has 38 heavy (non-hydrogen) atoms. The molecule has 0 radical (unpaired) electrons. The van der Waals surface area contributed by atoms with E-state index in [-0.39, 0.29) is 25.2 Å². The highest BCUT2D eigenvalue weighted by atomic mass is 16.4. The Kier molecular flexibility index (Phi) is 11.4. The molecule has 2 rings (SSSR count). The van der Waals surface area contributed by atoms with Crippen molar-refractivity contribution in [3.8, 4) is 0 Å². The van der Waals surface area contributed by atoms with Crippen LogP contribution in [0.25, 0.3) is 0 Å². The van der Waals surface area contributed by atoms with E-state index < -0.39 is 60.2 Å². The normalized spacial score (nSPS) is 14.1. The first-order valence-electron chi connectivity index (χ1n) is 12.1. The van der Waals surface area contributed by atoms with E-state index in [4.69, 9.17) is 11.5 Å². The third-order valence-corrected chi connectivity index (χ3v) is 5.61. The maximum absolute atomic E-state index is 13.1. The molecule has 0 saturated carbocycles. The van der Waals surface area contributed by atoms with Crippen LogP contribution in [0.5, 0.6) is 0 Å². The number of hydrogen-bond acceptors (Lipinski definition) is 7. The highest BCUT2D eigenvalue weighted by molar-refractivity contribution is 5.96. The predicted octanol–water partition coefficient (Wildman–Crippen LogP) is -1.02. The number of benzene rings is 1. The van der Waals surface area contributed by atoms with Crippen LogP contribution < -0.4 is 27.4 Å². The van der Waals surface area contributed by atoms with Gasteiger partial charge in [-0.1, -0.05) is 44.2 Å². The van der Waals surface area contributed by atoms with Crippen LogP contribution in [0.3, 0.4) is 0 Å². The van der Waals surface area contributed by atoms with Gasteiger partial charge in [-0.25, -0.2) is 9.78 Å². The molecule has 13 heteroatoms. The lowest BCUT2D eigenvalue weighted by atomic mass is 10.0. The average molecular weight is 530 g/mol. The van der Waals surface area contributed by atoms with Crippen molar-refractivity contribution in [2.24, 2.45) is 17.4 Å². The van der Waals surface area contributed by atoms with Crippen molar-refractivity contribution < 1.29 is 29.1 Å². The number of nitrogens with zero attached hydrogens (tertiary/aromatic N) is 1. The molecule has 0 spiro atoms. The van der Waals surface area contributed by atoms with Crippen molar-refractivity contribution in [2.45, 2.75) is 63.7 Å². The molecule has 0 saturated heterocycles. The molecule has 0 bridgehead atoms. The second-order valence-corrected chi connectivity index (χ2v) is 9.40. The standard InChI is InChI=1S/C25H35N7O6/c1-14(2)8-18(23(35)32-20(25(37)38)10-16-12-28-13-29-16)31-24(36)19(11-21(27)33)30-22(34)17(26)9-15-6-4-3-5-7-15/h3-7,12-14,17-20H,8-11,26H2,1-2H3,(H2,27,33)(H,28,29)(H,30,34)(H,31,36)(H,32,35)(H,37,38). The van der Waals surface area contributed by atoms with E-state index in [1.165, 1.54) is 12.5 Å². The van der Waals surface area contributed by atoms with Gasteiger partial charge in [0.2, 0.25) is 23.6 Å². The quantitative estimate of drug-likeness (QED) is 0.151. The third kappa shape index (κ3) is 10.0. The van der Waals surface area contributed by atoms with Gasteiger partial charge >= 0.3 is 5.97 Å². The zero-order chi connectivity index (χ0) is 28.2. The molecule has 1 heterocycles. The average Bonchev–Trinajstić information content (AvgIpc) is 3.35. The summed E-state index contributed by atoms with van der Waals surface area (Å²) >= 11 is 0. The molecule has 1 aromatic carbocycles. The summed E-state index contributed by atoms with van der Waals surface area (Å²) in [5.41, 5.74) is 12.6. The zero-order valence-electron chi connectivity index (χ0n) is 21.3. The van der Waals surface area contributed by atoms with Crippen molar-refractivity contribution in [1.82, 2.24) is 25.9 Å². The fourth-order valence-corrected chi connectivity index (χ4v) is 3.71. The van der Waals surface area contributed by atoms with Gasteiger partial charge in [0.15, 0.2) is 0 Å². The number of carbonyl (C=O) groups excluding carboxylic acids is 4. The number of primary amides is 1. The summed E-state index contributed by atoms with van der Waals surface area (Å²) in [6.45, 7) is 3.63. The number of aliphatic carboxylic acids is 1. The van der Waals surface area contributed by atoms with Crippen molar-refractivity contribution in [1.29, 1.82) is 0 Å². The van der Waals surface area contributed by atoms with Gasteiger partial charge in [-0.05, 0) is 24.3 Å². The molecule has 206 valence electrons. The SMILES string of the molecule is CC(C)CC(NC(=O)C(CC(N)=O)NC(=O)C(N)Cc1ccccc1)C(=O)NC(Cc1cnc[nH]1)C(=O)O. The highest BCUT2D eigenvalue weighted by Crippen LogP contribution is 2.08. The Hall–Kier alpha value is -4.26. The number of rotatable bonds is 15. The van der Waals surface area contributed by atoms with Gasteiger partial charge in [0.05, 0.1) is 18.8 Å². The number of carbonyl (C=O) groups is 5. The molecule has 9 N–H and O–H groups in total. The Morgan fingerprint density at radius 1 is 0.921 bits per heavy atom. The minimum atomic E-state index is -1.38. The maximum atomic E-state index is 13.1. The summed E-state index contributed by atoms with van der Waals surface area (Å²) in [6, 6.07) is 4.20. The molecule has 13 nitrogen and oxygen atoms in total. The number of nitrogens with two attached hydrogens (primary N) is 2. The molecule has 1 aromatic heterocycles. The molecule has 0 fully saturated rings. The van der Waals surface area contributed by atoms with Gasteiger partial charge in [-0.3, -0.25) is 19.2 Å². The number of amides is 4. The summed E-state index contributed by atoms with van der Waals surface area (Å²) in [5.74, 6) is -4.42. The Morgan fingerprint density at radius 3 is 2.08 bits per heavy atom. The zero-order valence-corrected chi connectivity index (χ0v) is 21.3. The highest BCUT2D eigenvalue weighted by Gasteiger charge is 2.31. The summed E-state index contributed by atoms with van der Waals surface area (Å²) in [5, 5.41) is 17.0. The number of carboxylic acid groups (broad SMARTS) is 1. The number of nitrogens with one attached hydrogen (secondary N) is 4. The summed E-state index contributed by atoms with van der Waals surface area (Å²) in [6.07, 6.45) is 2.61. The Labute approximate surface area is 220 Å². The van der Waals surface area contributed by atoms with E-state index >= 15 is 0 Å². The van der Waals surface area contributed by atoms with Crippen LogP contribution in [-0.2, 0) is 36.8 Å². The molecular weight excluding hydrogens is 494 g/mol. The van der Waals surface area contributed by atoms with Crippen LogP contribution in [0.15, 0.2) is 42.9 Å². The van der Waals surface area contributed by atoms with Crippen LogP contribution in [0.4, 0.5) is 0 Å². The molecule has 0 aliphatic carbocycles. The van der Waals surface area contributed by atoms with Crippen molar-refractivity contribution in [2.75, 3.05) is 0 Å². The predicted molar refractivity (Wildman–Crippen MR) is 137 cm³/mol.